The fourth-order valence-corrected chi connectivity index (χ4v) is 1.63. The normalized spacial score (nSPS) is 17.9. The van der Waals surface area contributed by atoms with Crippen LogP contribution < -0.4 is 10.6 Å². The summed E-state index contributed by atoms with van der Waals surface area (Å²) in [5, 5.41) is 16.2. The third kappa shape index (κ3) is 2.48. The van der Waals surface area contributed by atoms with Crippen molar-refractivity contribution >= 4 is 11.6 Å². The highest BCUT2D eigenvalue weighted by Gasteiger charge is 2.21. The second-order valence-electron chi connectivity index (χ2n) is 3.64. The largest absolute Gasteiger partial charge is 0.314 e. The molecular weight excluding hydrogens is 210 g/mol. The smallest absolute Gasteiger partial charge is 0.121 e. The number of hydrogen-bond acceptors (Lipinski definition) is 3. The van der Waals surface area contributed by atoms with E-state index in [2.05, 4.69) is 16.7 Å². The lowest BCUT2D eigenvalue weighted by Crippen LogP contribution is -2.55. The SMILES string of the molecule is N#C[C@@H](NC1CNC1)c1ccc(Cl)cc1. The van der Waals surface area contributed by atoms with Crippen LogP contribution in [0.1, 0.15) is 11.6 Å². The van der Waals surface area contributed by atoms with Crippen molar-refractivity contribution in [2.75, 3.05) is 13.1 Å². The molecule has 3 nitrogen and oxygen atoms in total. The van der Waals surface area contributed by atoms with Crippen LogP contribution in [0.15, 0.2) is 24.3 Å². The molecule has 1 heterocycles. The van der Waals surface area contributed by atoms with Crippen molar-refractivity contribution in [3.8, 4) is 6.07 Å². The number of halogens is 1. The zero-order valence-corrected chi connectivity index (χ0v) is 8.96. The molecule has 1 aliphatic rings. The molecule has 4 heteroatoms. The first-order chi connectivity index (χ1) is 7.29. The van der Waals surface area contributed by atoms with Gasteiger partial charge in [-0.15, -0.1) is 0 Å². The first-order valence-corrected chi connectivity index (χ1v) is 5.29. The van der Waals surface area contributed by atoms with Crippen LogP contribution in [0.3, 0.4) is 0 Å². The number of benzene rings is 1. The zero-order valence-electron chi connectivity index (χ0n) is 8.20. The summed E-state index contributed by atoms with van der Waals surface area (Å²) in [7, 11) is 0. The van der Waals surface area contributed by atoms with Crippen LogP contribution in [0.25, 0.3) is 0 Å². The summed E-state index contributed by atoms with van der Waals surface area (Å²) < 4.78 is 0. The van der Waals surface area contributed by atoms with Crippen LogP contribution in [0.4, 0.5) is 0 Å². The summed E-state index contributed by atoms with van der Waals surface area (Å²) in [5.41, 5.74) is 0.966. The Labute approximate surface area is 94.0 Å². The summed E-state index contributed by atoms with van der Waals surface area (Å²) in [6, 6.07) is 9.80. The number of nitrogens with zero attached hydrogens (tertiary/aromatic N) is 1. The van der Waals surface area contributed by atoms with Gasteiger partial charge < -0.3 is 5.32 Å². The molecule has 0 amide bonds. The quantitative estimate of drug-likeness (QED) is 0.813. The van der Waals surface area contributed by atoms with E-state index in [0.29, 0.717) is 11.1 Å². The first-order valence-electron chi connectivity index (χ1n) is 4.91. The Morgan fingerprint density at radius 2 is 2.07 bits per heavy atom. The van der Waals surface area contributed by atoms with Gasteiger partial charge in [0, 0.05) is 24.2 Å². The molecule has 0 saturated carbocycles. The molecule has 0 aliphatic carbocycles. The molecule has 1 aromatic rings. The van der Waals surface area contributed by atoms with Crippen molar-refractivity contribution in [3.05, 3.63) is 34.9 Å². The van der Waals surface area contributed by atoms with Gasteiger partial charge in [0.2, 0.25) is 0 Å². The van der Waals surface area contributed by atoms with E-state index in [-0.39, 0.29) is 6.04 Å². The molecule has 2 rings (SSSR count). The molecule has 1 fully saturated rings. The molecule has 1 atom stereocenters. The lowest BCUT2D eigenvalue weighted by molar-refractivity contribution is 0.352. The number of nitrogens with one attached hydrogen (secondary N) is 2. The molecule has 78 valence electrons. The lowest BCUT2D eigenvalue weighted by atomic mass is 10.1. The van der Waals surface area contributed by atoms with Crippen LogP contribution in [0.2, 0.25) is 5.02 Å². The van der Waals surface area contributed by atoms with Gasteiger partial charge in [-0.2, -0.15) is 5.26 Å². The summed E-state index contributed by atoms with van der Waals surface area (Å²) in [4.78, 5) is 0. The van der Waals surface area contributed by atoms with Crippen molar-refractivity contribution in [3.63, 3.8) is 0 Å². The minimum absolute atomic E-state index is 0.241. The van der Waals surface area contributed by atoms with Crippen molar-refractivity contribution in [1.82, 2.24) is 10.6 Å². The Bertz CT molecular complexity index is 364. The van der Waals surface area contributed by atoms with Gasteiger partial charge in [-0.05, 0) is 17.7 Å². The Balaban J connectivity index is 2.05. The van der Waals surface area contributed by atoms with E-state index in [9.17, 15) is 0 Å². The molecular formula is C11H12ClN3. The molecule has 15 heavy (non-hydrogen) atoms. The summed E-state index contributed by atoms with van der Waals surface area (Å²) in [5.74, 6) is 0. The van der Waals surface area contributed by atoms with Gasteiger partial charge >= 0.3 is 0 Å². The van der Waals surface area contributed by atoms with Crippen molar-refractivity contribution in [2.24, 2.45) is 0 Å². The van der Waals surface area contributed by atoms with Gasteiger partial charge in [0.25, 0.3) is 0 Å². The maximum atomic E-state index is 9.05. The average molecular weight is 222 g/mol. The van der Waals surface area contributed by atoms with Gasteiger partial charge in [0.05, 0.1) is 6.07 Å². The molecule has 0 bridgehead atoms. The standard InChI is InChI=1S/C11H12ClN3/c12-9-3-1-8(2-4-9)11(5-13)15-10-6-14-7-10/h1-4,10-11,14-15H,6-7H2/t11-/m1/s1. The minimum Gasteiger partial charge on any atom is -0.314 e. The number of hydrogen-bond donors (Lipinski definition) is 2. The summed E-state index contributed by atoms with van der Waals surface area (Å²) in [6.07, 6.45) is 0. The zero-order chi connectivity index (χ0) is 10.7. The lowest BCUT2D eigenvalue weighted by Gasteiger charge is -2.30. The number of nitriles is 1. The molecule has 0 aromatic heterocycles. The molecule has 1 aromatic carbocycles. The van der Waals surface area contributed by atoms with Crippen molar-refractivity contribution in [1.29, 1.82) is 5.26 Å². The topological polar surface area (TPSA) is 47.9 Å². The van der Waals surface area contributed by atoms with Crippen molar-refractivity contribution in [2.45, 2.75) is 12.1 Å². The van der Waals surface area contributed by atoms with Gasteiger partial charge in [-0.1, -0.05) is 23.7 Å². The van der Waals surface area contributed by atoms with E-state index in [0.717, 1.165) is 18.7 Å². The fourth-order valence-electron chi connectivity index (χ4n) is 1.51. The molecule has 0 radical (unpaired) electrons. The van der Waals surface area contributed by atoms with Crippen molar-refractivity contribution < 1.29 is 0 Å². The second-order valence-corrected chi connectivity index (χ2v) is 4.07. The predicted octanol–water partition coefficient (Wildman–Crippen LogP) is 1.47. The Morgan fingerprint density at radius 3 is 2.53 bits per heavy atom. The molecule has 1 saturated heterocycles. The Hall–Kier alpha value is -1.08. The third-order valence-electron chi connectivity index (χ3n) is 2.52. The van der Waals surface area contributed by atoms with E-state index in [1.165, 1.54) is 0 Å². The maximum Gasteiger partial charge on any atom is 0.121 e. The summed E-state index contributed by atoms with van der Waals surface area (Å²) in [6.45, 7) is 1.87. The molecule has 1 aliphatic heterocycles. The minimum atomic E-state index is -0.241. The molecule has 2 N–H and O–H groups in total. The number of rotatable bonds is 3. The van der Waals surface area contributed by atoms with Crippen LogP contribution in [-0.4, -0.2) is 19.1 Å². The van der Waals surface area contributed by atoms with E-state index in [1.807, 2.05) is 24.3 Å². The van der Waals surface area contributed by atoms with Gasteiger partial charge in [-0.25, -0.2) is 0 Å². The van der Waals surface area contributed by atoms with Crippen LogP contribution >= 0.6 is 11.6 Å². The maximum absolute atomic E-state index is 9.05. The molecule has 0 spiro atoms. The van der Waals surface area contributed by atoms with Crippen LogP contribution in [-0.2, 0) is 0 Å². The van der Waals surface area contributed by atoms with E-state index in [1.54, 1.807) is 0 Å². The fraction of sp³-hybridized carbons (Fsp3) is 0.364. The summed E-state index contributed by atoms with van der Waals surface area (Å²) >= 11 is 5.79. The highest BCUT2D eigenvalue weighted by molar-refractivity contribution is 6.30. The van der Waals surface area contributed by atoms with E-state index in [4.69, 9.17) is 16.9 Å². The van der Waals surface area contributed by atoms with Crippen LogP contribution in [0.5, 0.6) is 0 Å². The van der Waals surface area contributed by atoms with Gasteiger partial charge in [0.1, 0.15) is 6.04 Å². The Kier molecular flexibility index (Phi) is 3.22. The monoisotopic (exact) mass is 221 g/mol. The third-order valence-corrected chi connectivity index (χ3v) is 2.77. The highest BCUT2D eigenvalue weighted by atomic mass is 35.5. The first kappa shape index (κ1) is 10.4. The van der Waals surface area contributed by atoms with E-state index >= 15 is 0 Å². The second kappa shape index (κ2) is 4.63. The van der Waals surface area contributed by atoms with Gasteiger partial charge in [0.15, 0.2) is 0 Å². The average Bonchev–Trinajstić information content (AvgIpc) is 2.19. The van der Waals surface area contributed by atoms with E-state index < -0.39 is 0 Å². The van der Waals surface area contributed by atoms with Crippen LogP contribution in [0, 0.1) is 11.3 Å². The predicted molar refractivity (Wildman–Crippen MR) is 59.6 cm³/mol. The Morgan fingerprint density at radius 1 is 1.40 bits per heavy atom. The highest BCUT2D eigenvalue weighted by Crippen LogP contribution is 2.16. The van der Waals surface area contributed by atoms with Gasteiger partial charge in [-0.3, -0.25) is 5.32 Å². The molecule has 0 unspecified atom stereocenters.